The number of fused-ring (bicyclic) bond motifs is 2. The Balaban J connectivity index is 1.66. The maximum atomic E-state index is 14.4. The van der Waals surface area contributed by atoms with Crippen molar-refractivity contribution in [1.29, 1.82) is 0 Å². The number of hydrogen-bond donors (Lipinski definition) is 2. The summed E-state index contributed by atoms with van der Waals surface area (Å²) in [6.45, 7) is 1.23. The lowest BCUT2D eigenvalue weighted by molar-refractivity contribution is -0.141. The number of carboxylic acid groups (broad SMARTS) is 1. The summed E-state index contributed by atoms with van der Waals surface area (Å²) in [5.74, 6) is -2.84. The number of aromatic amines is 1. The second-order valence-electron chi connectivity index (χ2n) is 9.33. The Morgan fingerprint density at radius 3 is 2.65 bits per heavy atom. The van der Waals surface area contributed by atoms with Crippen LogP contribution in [0.15, 0.2) is 30.5 Å². The maximum absolute atomic E-state index is 14.4. The number of carbonyl (C=O) groups is 1. The number of H-pyrrole nitrogens is 1. The third-order valence-electron chi connectivity index (χ3n) is 7.38. The van der Waals surface area contributed by atoms with Crippen LogP contribution in [0, 0.1) is 17.6 Å². The summed E-state index contributed by atoms with van der Waals surface area (Å²) in [5.41, 5.74) is 4.74. The molecule has 0 radical (unpaired) electrons. The van der Waals surface area contributed by atoms with E-state index in [1.807, 2.05) is 10.6 Å². The second-order valence-corrected chi connectivity index (χ2v) is 9.33. The van der Waals surface area contributed by atoms with E-state index in [0.717, 1.165) is 53.0 Å². The van der Waals surface area contributed by atoms with Gasteiger partial charge in [-0.05, 0) is 56.2 Å². The second kappa shape index (κ2) is 8.16. The van der Waals surface area contributed by atoms with Gasteiger partial charge in [-0.1, -0.05) is 0 Å². The smallest absolute Gasteiger partial charge is 0.306 e. The average molecular weight is 466 g/mol. The zero-order valence-electron chi connectivity index (χ0n) is 18.4. The van der Waals surface area contributed by atoms with Crippen LogP contribution in [0.1, 0.15) is 55.2 Å². The highest BCUT2D eigenvalue weighted by Crippen LogP contribution is 2.47. The molecule has 1 aliphatic carbocycles. The van der Waals surface area contributed by atoms with Gasteiger partial charge in [0.25, 0.3) is 0 Å². The molecule has 0 bridgehead atoms. The van der Waals surface area contributed by atoms with Crippen LogP contribution in [0.3, 0.4) is 0 Å². The molecule has 1 aromatic carbocycles. The third-order valence-corrected chi connectivity index (χ3v) is 7.38. The van der Waals surface area contributed by atoms with E-state index in [2.05, 4.69) is 10.2 Å². The Labute approximate surface area is 193 Å². The van der Waals surface area contributed by atoms with Crippen LogP contribution in [-0.2, 0) is 9.53 Å². The Morgan fingerprint density at radius 1 is 1.09 bits per heavy atom. The summed E-state index contributed by atoms with van der Waals surface area (Å²) in [7, 11) is 0. The monoisotopic (exact) mass is 466 g/mol. The van der Waals surface area contributed by atoms with Gasteiger partial charge in [-0.3, -0.25) is 9.89 Å². The fraction of sp³-hybridized carbons (Fsp3) is 0.400. The highest BCUT2D eigenvalue weighted by molar-refractivity contribution is 5.93. The number of halogens is 2. The normalized spacial score (nSPS) is 21.6. The molecule has 176 valence electrons. The van der Waals surface area contributed by atoms with Gasteiger partial charge in [-0.15, -0.1) is 0 Å². The Hall–Kier alpha value is -3.33. The molecular weight excluding hydrogens is 442 g/mol. The van der Waals surface area contributed by atoms with Gasteiger partial charge < -0.3 is 14.4 Å². The summed E-state index contributed by atoms with van der Waals surface area (Å²) < 4.78 is 35.8. The van der Waals surface area contributed by atoms with E-state index in [1.54, 1.807) is 12.3 Å². The van der Waals surface area contributed by atoms with E-state index in [9.17, 15) is 18.7 Å². The maximum Gasteiger partial charge on any atom is 0.306 e. The van der Waals surface area contributed by atoms with Gasteiger partial charge in [0.2, 0.25) is 0 Å². The first-order chi connectivity index (χ1) is 16.5. The van der Waals surface area contributed by atoms with Crippen LogP contribution in [0.5, 0.6) is 0 Å². The first kappa shape index (κ1) is 21.2. The van der Waals surface area contributed by atoms with Crippen molar-refractivity contribution in [3.63, 3.8) is 0 Å². The fourth-order valence-electron chi connectivity index (χ4n) is 5.76. The van der Waals surface area contributed by atoms with Crippen molar-refractivity contribution in [2.75, 3.05) is 13.2 Å². The van der Waals surface area contributed by atoms with Gasteiger partial charge in [0.1, 0.15) is 0 Å². The molecule has 9 heteroatoms. The van der Waals surface area contributed by atoms with E-state index in [1.165, 1.54) is 6.07 Å². The number of rotatable bonds is 4. The van der Waals surface area contributed by atoms with Crippen LogP contribution < -0.4 is 0 Å². The molecule has 7 nitrogen and oxygen atoms in total. The average Bonchev–Trinajstić information content (AvgIpc) is 3.56. The molecule has 2 N–H and O–H groups in total. The van der Waals surface area contributed by atoms with E-state index in [0.29, 0.717) is 37.4 Å². The van der Waals surface area contributed by atoms with Gasteiger partial charge in [0, 0.05) is 47.5 Å². The number of carboxylic acids is 1. The standard InChI is InChI=1S/C25H24F2N4O3/c26-18-4-3-17(11-19(18)27)31-20-10-16-12-28-30-24(16)29-22(20)21(14-1-2-15(9-14)25(32)33)23(31)13-5-7-34-8-6-13/h3-4,10-15H,1-2,5-9H2,(H,32,33)(H,28,29,30)/t14-,15-/m1/s1. The molecule has 1 saturated carbocycles. The molecular formula is C25H24F2N4O3. The fourth-order valence-corrected chi connectivity index (χ4v) is 5.76. The molecule has 2 atom stereocenters. The highest BCUT2D eigenvalue weighted by Gasteiger charge is 2.37. The number of hydrogen-bond acceptors (Lipinski definition) is 4. The molecule has 1 saturated heterocycles. The van der Waals surface area contributed by atoms with Crippen molar-refractivity contribution in [1.82, 2.24) is 19.7 Å². The quantitative estimate of drug-likeness (QED) is 0.439. The highest BCUT2D eigenvalue weighted by atomic mass is 19.2. The number of ether oxygens (including phenoxy) is 1. The number of pyridine rings is 1. The number of aliphatic carboxylic acids is 1. The molecule has 0 amide bonds. The van der Waals surface area contributed by atoms with Crippen molar-refractivity contribution < 1.29 is 23.4 Å². The number of nitrogens with one attached hydrogen (secondary N) is 1. The zero-order chi connectivity index (χ0) is 23.4. The van der Waals surface area contributed by atoms with E-state index < -0.39 is 23.5 Å². The van der Waals surface area contributed by atoms with Crippen molar-refractivity contribution in [3.8, 4) is 5.69 Å². The van der Waals surface area contributed by atoms with Crippen molar-refractivity contribution >= 4 is 28.0 Å². The molecule has 2 aliphatic rings. The summed E-state index contributed by atoms with van der Waals surface area (Å²) >= 11 is 0. The van der Waals surface area contributed by atoms with Crippen LogP contribution >= 0.6 is 0 Å². The van der Waals surface area contributed by atoms with Gasteiger partial charge in [0.15, 0.2) is 17.3 Å². The van der Waals surface area contributed by atoms with Gasteiger partial charge >= 0.3 is 5.97 Å². The largest absolute Gasteiger partial charge is 0.481 e. The Morgan fingerprint density at radius 2 is 1.91 bits per heavy atom. The first-order valence-electron chi connectivity index (χ1n) is 11.7. The minimum Gasteiger partial charge on any atom is -0.481 e. The summed E-state index contributed by atoms with van der Waals surface area (Å²) in [4.78, 5) is 16.6. The van der Waals surface area contributed by atoms with Crippen molar-refractivity contribution in [3.05, 3.63) is 53.4 Å². The van der Waals surface area contributed by atoms with E-state index in [-0.39, 0.29) is 11.8 Å². The van der Waals surface area contributed by atoms with Gasteiger partial charge in [-0.2, -0.15) is 5.10 Å². The lowest BCUT2D eigenvalue weighted by atomic mass is 9.87. The predicted molar refractivity (Wildman–Crippen MR) is 121 cm³/mol. The molecule has 4 aromatic rings. The number of benzene rings is 1. The van der Waals surface area contributed by atoms with Crippen LogP contribution in [0.25, 0.3) is 27.8 Å². The summed E-state index contributed by atoms with van der Waals surface area (Å²) in [6.07, 6.45) is 5.16. The van der Waals surface area contributed by atoms with Gasteiger partial charge in [0.05, 0.1) is 23.1 Å². The predicted octanol–water partition coefficient (Wildman–Crippen LogP) is 5.04. The molecule has 3 aromatic heterocycles. The zero-order valence-corrected chi connectivity index (χ0v) is 18.4. The van der Waals surface area contributed by atoms with E-state index >= 15 is 0 Å². The van der Waals surface area contributed by atoms with Crippen LogP contribution in [-0.4, -0.2) is 44.0 Å². The topological polar surface area (TPSA) is 93.0 Å². The molecule has 1 aliphatic heterocycles. The third kappa shape index (κ3) is 3.37. The molecule has 4 heterocycles. The van der Waals surface area contributed by atoms with Gasteiger partial charge in [-0.25, -0.2) is 13.8 Å². The van der Waals surface area contributed by atoms with Crippen molar-refractivity contribution in [2.24, 2.45) is 5.92 Å². The lowest BCUT2D eigenvalue weighted by Gasteiger charge is -2.27. The minimum atomic E-state index is -0.914. The molecule has 6 rings (SSSR count). The summed E-state index contributed by atoms with van der Waals surface area (Å²) in [5, 5.41) is 17.5. The van der Waals surface area contributed by atoms with E-state index in [4.69, 9.17) is 9.72 Å². The first-order valence-corrected chi connectivity index (χ1v) is 11.7. The molecule has 34 heavy (non-hydrogen) atoms. The summed E-state index contributed by atoms with van der Waals surface area (Å²) in [6, 6.07) is 5.91. The van der Waals surface area contributed by atoms with Crippen LogP contribution in [0.4, 0.5) is 8.78 Å². The van der Waals surface area contributed by atoms with Crippen molar-refractivity contribution in [2.45, 2.75) is 43.9 Å². The van der Waals surface area contributed by atoms with Crippen LogP contribution in [0.2, 0.25) is 0 Å². The number of nitrogens with zero attached hydrogens (tertiary/aromatic N) is 3. The molecule has 0 spiro atoms. The lowest BCUT2D eigenvalue weighted by Crippen LogP contribution is -2.19. The Kier molecular flexibility index (Phi) is 5.09. The SMILES string of the molecule is O=C(O)[C@@H]1CC[C@@H](c2c(C3CCOCC3)n(-c3ccc(F)c(F)c3)c3cc4cn[nH]c4nc23)C1. The molecule has 0 unspecified atom stereocenters. The number of aromatic nitrogens is 4. The Bertz CT molecular complexity index is 1410. The minimum absolute atomic E-state index is 0.0147. The molecule has 2 fully saturated rings.